The summed E-state index contributed by atoms with van der Waals surface area (Å²) in [5.41, 5.74) is 0.512. The Labute approximate surface area is 151 Å². The van der Waals surface area contributed by atoms with E-state index >= 15 is 0 Å². The van der Waals surface area contributed by atoms with Crippen LogP contribution in [0.4, 0.5) is 0 Å². The van der Waals surface area contributed by atoms with E-state index < -0.39 is 22.0 Å². The van der Waals surface area contributed by atoms with Crippen molar-refractivity contribution >= 4 is 27.6 Å². The predicted octanol–water partition coefficient (Wildman–Crippen LogP) is 2.67. The zero-order valence-electron chi connectivity index (χ0n) is 13.7. The summed E-state index contributed by atoms with van der Waals surface area (Å²) >= 11 is 5.97. The largest absolute Gasteiger partial charge is 0.496 e. The summed E-state index contributed by atoms with van der Waals surface area (Å²) in [6, 6.07) is 11.2. The second-order valence-corrected chi connectivity index (χ2v) is 7.78. The minimum atomic E-state index is -3.95. The van der Waals surface area contributed by atoms with Crippen LogP contribution in [0.3, 0.4) is 0 Å². The van der Waals surface area contributed by atoms with Crippen LogP contribution in [-0.2, 0) is 21.2 Å². The van der Waals surface area contributed by atoms with Gasteiger partial charge in [-0.05, 0) is 35.9 Å². The number of likely N-dealkylation sites (N-methyl/N-ethyl adjacent to an activating group) is 1. The van der Waals surface area contributed by atoms with Gasteiger partial charge in [0.05, 0.1) is 12.0 Å². The maximum Gasteiger partial charge on any atom is 0.322 e. The molecule has 0 fully saturated rings. The molecule has 2 rings (SSSR count). The summed E-state index contributed by atoms with van der Waals surface area (Å²) < 4.78 is 31.5. The number of hydrogen-bond donors (Lipinski definition) is 1. The lowest BCUT2D eigenvalue weighted by Gasteiger charge is -2.25. The molecule has 0 saturated carbocycles. The Morgan fingerprint density at radius 2 is 1.88 bits per heavy atom. The van der Waals surface area contributed by atoms with Crippen LogP contribution in [0.25, 0.3) is 0 Å². The number of nitrogens with zero attached hydrogens (tertiary/aromatic N) is 1. The third kappa shape index (κ3) is 4.31. The van der Waals surface area contributed by atoms with E-state index in [1.54, 1.807) is 36.4 Å². The Hall–Kier alpha value is -2.09. The van der Waals surface area contributed by atoms with Gasteiger partial charge in [-0.25, -0.2) is 8.42 Å². The quantitative estimate of drug-likeness (QED) is 0.794. The number of halogens is 1. The molecule has 0 aliphatic rings. The van der Waals surface area contributed by atoms with Gasteiger partial charge in [0.1, 0.15) is 11.8 Å². The fraction of sp³-hybridized carbons (Fsp3) is 0.235. The molecule has 2 aromatic rings. The van der Waals surface area contributed by atoms with Crippen molar-refractivity contribution in [1.29, 1.82) is 0 Å². The molecule has 25 heavy (non-hydrogen) atoms. The van der Waals surface area contributed by atoms with Crippen LogP contribution >= 0.6 is 11.6 Å². The Morgan fingerprint density at radius 1 is 1.24 bits per heavy atom. The summed E-state index contributed by atoms with van der Waals surface area (Å²) in [5.74, 6) is -0.815. The first-order valence-electron chi connectivity index (χ1n) is 7.35. The van der Waals surface area contributed by atoms with E-state index in [9.17, 15) is 18.3 Å². The van der Waals surface area contributed by atoms with Crippen molar-refractivity contribution in [3.63, 3.8) is 0 Å². The highest BCUT2D eigenvalue weighted by molar-refractivity contribution is 7.89. The van der Waals surface area contributed by atoms with Crippen molar-refractivity contribution in [3.05, 3.63) is 59.1 Å². The molecule has 0 aliphatic carbocycles. The molecule has 0 heterocycles. The zero-order valence-corrected chi connectivity index (χ0v) is 15.3. The fourth-order valence-electron chi connectivity index (χ4n) is 2.41. The molecular formula is C17H18ClNO5S. The van der Waals surface area contributed by atoms with E-state index in [1.807, 2.05) is 0 Å². The van der Waals surface area contributed by atoms with Gasteiger partial charge in [-0.15, -0.1) is 0 Å². The molecule has 0 unspecified atom stereocenters. The molecule has 0 saturated heterocycles. The number of aliphatic carboxylic acids is 1. The van der Waals surface area contributed by atoms with Crippen molar-refractivity contribution < 1.29 is 23.1 Å². The molecule has 6 nitrogen and oxygen atoms in total. The van der Waals surface area contributed by atoms with E-state index in [4.69, 9.17) is 16.3 Å². The van der Waals surface area contributed by atoms with Crippen LogP contribution in [0, 0.1) is 0 Å². The number of carbonyl (C=O) groups is 1. The maximum absolute atomic E-state index is 12.7. The van der Waals surface area contributed by atoms with Gasteiger partial charge >= 0.3 is 5.97 Å². The second kappa shape index (κ2) is 7.86. The molecule has 0 aliphatic heterocycles. The lowest BCUT2D eigenvalue weighted by Crippen LogP contribution is -2.43. The minimum absolute atomic E-state index is 0.0295. The van der Waals surface area contributed by atoms with Gasteiger partial charge < -0.3 is 9.84 Å². The zero-order chi connectivity index (χ0) is 18.6. The first kappa shape index (κ1) is 19.2. The van der Waals surface area contributed by atoms with Crippen LogP contribution in [0.1, 0.15) is 5.56 Å². The standard InChI is InChI=1S/C17H18ClNO5S/c1-19(25(22,23)14-6-4-3-5-7-14)15(17(20)21)11-12-10-13(18)8-9-16(12)24-2/h3-10,15H,11H2,1-2H3,(H,20,21)/t15-/m0/s1. The van der Waals surface area contributed by atoms with Crippen molar-refractivity contribution in [1.82, 2.24) is 4.31 Å². The molecule has 0 radical (unpaired) electrons. The fourth-order valence-corrected chi connectivity index (χ4v) is 3.94. The number of sulfonamides is 1. The van der Waals surface area contributed by atoms with Gasteiger partial charge in [-0.3, -0.25) is 4.79 Å². The number of carboxylic acids is 1. The van der Waals surface area contributed by atoms with Gasteiger partial charge in [-0.2, -0.15) is 4.31 Å². The lowest BCUT2D eigenvalue weighted by atomic mass is 10.1. The summed E-state index contributed by atoms with van der Waals surface area (Å²) in [4.78, 5) is 11.8. The average molecular weight is 384 g/mol. The monoisotopic (exact) mass is 383 g/mol. The van der Waals surface area contributed by atoms with E-state index in [-0.39, 0.29) is 11.3 Å². The summed E-state index contributed by atoms with van der Waals surface area (Å²) in [6.07, 6.45) is -0.0817. The SMILES string of the molecule is COc1ccc(Cl)cc1C[C@@H](C(=O)O)N(C)S(=O)(=O)c1ccccc1. The van der Waals surface area contributed by atoms with Crippen LogP contribution < -0.4 is 4.74 Å². The van der Waals surface area contributed by atoms with Crippen molar-refractivity contribution in [2.75, 3.05) is 14.2 Å². The molecule has 0 spiro atoms. The van der Waals surface area contributed by atoms with Gasteiger partial charge in [0, 0.05) is 18.5 Å². The first-order valence-corrected chi connectivity index (χ1v) is 9.17. The molecule has 0 amide bonds. The van der Waals surface area contributed by atoms with Crippen molar-refractivity contribution in [2.24, 2.45) is 0 Å². The highest BCUT2D eigenvalue weighted by Gasteiger charge is 2.33. The predicted molar refractivity (Wildman–Crippen MR) is 94.5 cm³/mol. The summed E-state index contributed by atoms with van der Waals surface area (Å²) in [6.45, 7) is 0. The molecule has 2 aromatic carbocycles. The Balaban J connectivity index is 2.39. The summed E-state index contributed by atoms with van der Waals surface area (Å²) in [5, 5.41) is 9.98. The molecular weight excluding hydrogens is 366 g/mol. The number of methoxy groups -OCH3 is 1. The number of ether oxygens (including phenoxy) is 1. The van der Waals surface area contributed by atoms with Gasteiger partial charge in [0.15, 0.2) is 0 Å². The molecule has 0 bridgehead atoms. The average Bonchev–Trinajstić information content (AvgIpc) is 2.59. The highest BCUT2D eigenvalue weighted by Crippen LogP contribution is 2.26. The number of rotatable bonds is 7. The molecule has 1 N–H and O–H groups in total. The molecule has 0 aromatic heterocycles. The smallest absolute Gasteiger partial charge is 0.322 e. The van der Waals surface area contributed by atoms with E-state index in [0.717, 1.165) is 4.31 Å². The van der Waals surface area contributed by atoms with Gasteiger partial charge in [0.25, 0.3) is 0 Å². The molecule has 1 atom stereocenters. The van der Waals surface area contributed by atoms with E-state index in [0.29, 0.717) is 16.3 Å². The number of carboxylic acid groups (broad SMARTS) is 1. The second-order valence-electron chi connectivity index (χ2n) is 5.35. The number of hydrogen-bond acceptors (Lipinski definition) is 4. The third-order valence-electron chi connectivity index (χ3n) is 3.80. The van der Waals surface area contributed by atoms with Crippen molar-refractivity contribution in [2.45, 2.75) is 17.4 Å². The van der Waals surface area contributed by atoms with E-state index in [1.165, 1.54) is 26.3 Å². The topological polar surface area (TPSA) is 83.9 Å². The van der Waals surface area contributed by atoms with Gasteiger partial charge in [0.2, 0.25) is 10.0 Å². The van der Waals surface area contributed by atoms with Crippen LogP contribution in [0.15, 0.2) is 53.4 Å². The van der Waals surface area contributed by atoms with E-state index in [2.05, 4.69) is 0 Å². The number of benzene rings is 2. The van der Waals surface area contributed by atoms with Crippen LogP contribution in [0.2, 0.25) is 5.02 Å². The van der Waals surface area contributed by atoms with Crippen LogP contribution in [0.5, 0.6) is 5.75 Å². The third-order valence-corrected chi connectivity index (χ3v) is 5.92. The molecule has 8 heteroatoms. The van der Waals surface area contributed by atoms with Crippen LogP contribution in [-0.4, -0.2) is 44.0 Å². The first-order chi connectivity index (χ1) is 11.8. The van der Waals surface area contributed by atoms with Gasteiger partial charge in [-0.1, -0.05) is 29.8 Å². The Morgan fingerprint density at radius 3 is 2.44 bits per heavy atom. The summed E-state index contributed by atoms with van der Waals surface area (Å²) in [7, 11) is -1.25. The highest BCUT2D eigenvalue weighted by atomic mass is 35.5. The lowest BCUT2D eigenvalue weighted by molar-refractivity contribution is -0.141. The maximum atomic E-state index is 12.7. The normalized spacial score (nSPS) is 12.8. The van der Waals surface area contributed by atoms with Crippen molar-refractivity contribution in [3.8, 4) is 5.75 Å². The molecule has 134 valence electrons. The Kier molecular flexibility index (Phi) is 6.05. The minimum Gasteiger partial charge on any atom is -0.496 e. The Bertz CT molecular complexity index is 855.